The van der Waals surface area contributed by atoms with Gasteiger partial charge in [0.05, 0.1) is 4.90 Å². The molecular formula is C17H18ClNO3S. The Morgan fingerprint density at radius 3 is 2.39 bits per heavy atom. The molecule has 0 heterocycles. The standard InChI is InChI=1S/C17H18ClNO3S/c1-12-3-6-14(11-16(12)23(2,21)22)17(20)19-10-9-13-4-7-15(18)8-5-13/h3-8,11H,9-10H2,1-2H3,(H,19,20). The van der Waals surface area contributed by atoms with E-state index in [1.807, 2.05) is 12.1 Å². The summed E-state index contributed by atoms with van der Waals surface area (Å²) < 4.78 is 23.4. The number of nitrogens with one attached hydrogen (secondary N) is 1. The van der Waals surface area contributed by atoms with Gasteiger partial charge in [-0.1, -0.05) is 29.8 Å². The normalized spacial score (nSPS) is 11.3. The topological polar surface area (TPSA) is 63.2 Å². The van der Waals surface area contributed by atoms with E-state index in [0.29, 0.717) is 29.1 Å². The first-order valence-corrected chi connectivity index (χ1v) is 9.37. The fourth-order valence-electron chi connectivity index (χ4n) is 2.21. The van der Waals surface area contributed by atoms with Crippen LogP contribution >= 0.6 is 11.6 Å². The predicted octanol–water partition coefficient (Wildman–Crippen LogP) is 3.02. The van der Waals surface area contributed by atoms with Crippen molar-refractivity contribution in [3.63, 3.8) is 0 Å². The van der Waals surface area contributed by atoms with Gasteiger partial charge in [-0.2, -0.15) is 0 Å². The zero-order valence-electron chi connectivity index (χ0n) is 13.0. The molecule has 0 radical (unpaired) electrons. The van der Waals surface area contributed by atoms with Crippen molar-refractivity contribution in [2.45, 2.75) is 18.2 Å². The summed E-state index contributed by atoms with van der Waals surface area (Å²) in [7, 11) is -3.35. The maximum Gasteiger partial charge on any atom is 0.251 e. The van der Waals surface area contributed by atoms with Crippen molar-refractivity contribution in [2.75, 3.05) is 12.8 Å². The van der Waals surface area contributed by atoms with Crippen LogP contribution in [-0.2, 0) is 16.3 Å². The fraction of sp³-hybridized carbons (Fsp3) is 0.235. The summed E-state index contributed by atoms with van der Waals surface area (Å²) in [5.41, 5.74) is 2.03. The van der Waals surface area contributed by atoms with Crippen LogP contribution in [0, 0.1) is 6.92 Å². The summed E-state index contributed by atoms with van der Waals surface area (Å²) in [5, 5.41) is 3.47. The molecule has 0 bridgehead atoms. The Balaban J connectivity index is 2.02. The lowest BCUT2D eigenvalue weighted by molar-refractivity contribution is 0.0954. The largest absolute Gasteiger partial charge is 0.352 e. The van der Waals surface area contributed by atoms with E-state index in [1.54, 1.807) is 31.2 Å². The number of hydrogen-bond donors (Lipinski definition) is 1. The third-order valence-corrected chi connectivity index (χ3v) is 4.95. The SMILES string of the molecule is Cc1ccc(C(=O)NCCc2ccc(Cl)cc2)cc1S(C)(=O)=O. The first-order valence-electron chi connectivity index (χ1n) is 7.11. The molecule has 122 valence electrons. The van der Waals surface area contributed by atoms with Gasteiger partial charge in [0, 0.05) is 23.4 Å². The Labute approximate surface area is 141 Å². The van der Waals surface area contributed by atoms with Crippen LogP contribution in [0.2, 0.25) is 5.02 Å². The molecule has 0 unspecified atom stereocenters. The minimum absolute atomic E-state index is 0.183. The number of aryl methyl sites for hydroxylation is 1. The zero-order chi connectivity index (χ0) is 17.0. The van der Waals surface area contributed by atoms with Gasteiger partial charge < -0.3 is 5.32 Å². The lowest BCUT2D eigenvalue weighted by Crippen LogP contribution is -2.26. The molecule has 0 saturated carbocycles. The number of rotatable bonds is 5. The van der Waals surface area contributed by atoms with Crippen LogP contribution in [0.25, 0.3) is 0 Å². The summed E-state index contributed by atoms with van der Waals surface area (Å²) in [6.45, 7) is 2.17. The summed E-state index contributed by atoms with van der Waals surface area (Å²) in [4.78, 5) is 12.3. The molecule has 0 aliphatic rings. The summed E-state index contributed by atoms with van der Waals surface area (Å²) in [5.74, 6) is -0.288. The average Bonchev–Trinajstić information content (AvgIpc) is 2.48. The third kappa shape index (κ3) is 4.81. The first kappa shape index (κ1) is 17.5. The molecule has 0 aliphatic carbocycles. The summed E-state index contributed by atoms with van der Waals surface area (Å²) >= 11 is 5.82. The van der Waals surface area contributed by atoms with E-state index in [-0.39, 0.29) is 10.8 Å². The van der Waals surface area contributed by atoms with Gasteiger partial charge in [-0.15, -0.1) is 0 Å². The van der Waals surface area contributed by atoms with E-state index >= 15 is 0 Å². The molecule has 0 saturated heterocycles. The highest BCUT2D eigenvalue weighted by Gasteiger charge is 2.14. The molecule has 23 heavy (non-hydrogen) atoms. The highest BCUT2D eigenvalue weighted by Crippen LogP contribution is 2.17. The van der Waals surface area contributed by atoms with Crippen LogP contribution in [-0.4, -0.2) is 27.1 Å². The van der Waals surface area contributed by atoms with Crippen LogP contribution in [0.1, 0.15) is 21.5 Å². The van der Waals surface area contributed by atoms with Crippen LogP contribution in [0.3, 0.4) is 0 Å². The number of halogens is 1. The Morgan fingerprint density at radius 2 is 1.78 bits per heavy atom. The van der Waals surface area contributed by atoms with Gasteiger partial charge >= 0.3 is 0 Å². The molecule has 2 rings (SSSR count). The van der Waals surface area contributed by atoms with E-state index in [0.717, 1.165) is 11.8 Å². The van der Waals surface area contributed by atoms with Crippen LogP contribution < -0.4 is 5.32 Å². The van der Waals surface area contributed by atoms with Crippen molar-refractivity contribution in [1.82, 2.24) is 5.32 Å². The van der Waals surface area contributed by atoms with Crippen LogP contribution in [0.5, 0.6) is 0 Å². The van der Waals surface area contributed by atoms with E-state index in [4.69, 9.17) is 11.6 Å². The number of carbonyl (C=O) groups excluding carboxylic acids is 1. The van der Waals surface area contributed by atoms with E-state index in [1.165, 1.54) is 6.07 Å². The monoisotopic (exact) mass is 351 g/mol. The maximum absolute atomic E-state index is 12.2. The van der Waals surface area contributed by atoms with Crippen molar-refractivity contribution >= 4 is 27.3 Å². The van der Waals surface area contributed by atoms with Crippen molar-refractivity contribution in [3.8, 4) is 0 Å². The van der Waals surface area contributed by atoms with Crippen molar-refractivity contribution in [1.29, 1.82) is 0 Å². The summed E-state index contributed by atoms with van der Waals surface area (Å²) in [6, 6.07) is 12.1. The van der Waals surface area contributed by atoms with Crippen molar-refractivity contribution in [3.05, 3.63) is 64.2 Å². The minimum Gasteiger partial charge on any atom is -0.352 e. The molecule has 0 aromatic heterocycles. The summed E-state index contributed by atoms with van der Waals surface area (Å²) in [6.07, 6.45) is 1.81. The van der Waals surface area contributed by atoms with Gasteiger partial charge in [-0.25, -0.2) is 8.42 Å². The highest BCUT2D eigenvalue weighted by atomic mass is 35.5. The van der Waals surface area contributed by atoms with Crippen molar-refractivity contribution in [2.24, 2.45) is 0 Å². The Kier molecular flexibility index (Phi) is 5.44. The molecule has 0 atom stereocenters. The highest BCUT2D eigenvalue weighted by molar-refractivity contribution is 7.90. The van der Waals surface area contributed by atoms with Gasteiger partial charge in [0.15, 0.2) is 9.84 Å². The first-order chi connectivity index (χ1) is 10.8. The lowest BCUT2D eigenvalue weighted by Gasteiger charge is -2.09. The second-order valence-electron chi connectivity index (χ2n) is 5.38. The minimum atomic E-state index is -3.35. The number of amides is 1. The quantitative estimate of drug-likeness (QED) is 0.900. The van der Waals surface area contributed by atoms with Crippen LogP contribution in [0.4, 0.5) is 0 Å². The van der Waals surface area contributed by atoms with Crippen LogP contribution in [0.15, 0.2) is 47.4 Å². The number of sulfone groups is 1. The average molecular weight is 352 g/mol. The van der Waals surface area contributed by atoms with Gasteiger partial charge in [-0.3, -0.25) is 4.79 Å². The molecule has 4 nitrogen and oxygen atoms in total. The molecular weight excluding hydrogens is 334 g/mol. The molecule has 2 aromatic carbocycles. The van der Waals surface area contributed by atoms with Gasteiger partial charge in [-0.05, 0) is 48.7 Å². The Hall–Kier alpha value is -1.85. The van der Waals surface area contributed by atoms with Gasteiger partial charge in [0.1, 0.15) is 0 Å². The number of benzene rings is 2. The van der Waals surface area contributed by atoms with Crippen molar-refractivity contribution < 1.29 is 13.2 Å². The maximum atomic E-state index is 12.2. The molecule has 2 aromatic rings. The predicted molar refractivity (Wildman–Crippen MR) is 91.8 cm³/mol. The smallest absolute Gasteiger partial charge is 0.251 e. The number of hydrogen-bond acceptors (Lipinski definition) is 3. The molecule has 1 amide bonds. The van der Waals surface area contributed by atoms with E-state index in [2.05, 4.69) is 5.32 Å². The van der Waals surface area contributed by atoms with E-state index < -0.39 is 9.84 Å². The lowest BCUT2D eigenvalue weighted by atomic mass is 10.1. The number of carbonyl (C=O) groups is 1. The van der Waals surface area contributed by atoms with Gasteiger partial charge in [0.2, 0.25) is 0 Å². The third-order valence-electron chi connectivity index (χ3n) is 3.46. The Morgan fingerprint density at radius 1 is 1.13 bits per heavy atom. The molecule has 1 N–H and O–H groups in total. The van der Waals surface area contributed by atoms with Gasteiger partial charge in [0.25, 0.3) is 5.91 Å². The second kappa shape index (κ2) is 7.15. The Bertz CT molecular complexity index is 814. The molecule has 0 fully saturated rings. The molecule has 6 heteroatoms. The molecule has 0 spiro atoms. The molecule has 0 aliphatic heterocycles. The fourth-order valence-corrected chi connectivity index (χ4v) is 3.33. The van der Waals surface area contributed by atoms with E-state index in [9.17, 15) is 13.2 Å². The zero-order valence-corrected chi connectivity index (χ0v) is 14.5. The second-order valence-corrected chi connectivity index (χ2v) is 7.81.